The number of carbonyl (C=O) groups excluding carboxylic acids is 1. The molecule has 0 aromatic carbocycles. The average Bonchev–Trinajstić information content (AvgIpc) is 2.91. The first-order valence-corrected chi connectivity index (χ1v) is 7.42. The lowest BCUT2D eigenvalue weighted by Crippen LogP contribution is -2.44. The molecule has 4 nitrogen and oxygen atoms in total. The van der Waals surface area contributed by atoms with Gasteiger partial charge in [0, 0.05) is 25.7 Å². The summed E-state index contributed by atoms with van der Waals surface area (Å²) in [6.07, 6.45) is 7.13. The zero-order valence-electron chi connectivity index (χ0n) is 11.5. The van der Waals surface area contributed by atoms with Crippen LogP contribution in [-0.2, 0) is 9.53 Å². The van der Waals surface area contributed by atoms with Gasteiger partial charge in [-0.25, -0.2) is 0 Å². The highest BCUT2D eigenvalue weighted by atomic mass is 16.5. The number of likely N-dealkylation sites (tertiary alicyclic amines) is 1. The van der Waals surface area contributed by atoms with E-state index in [1.54, 1.807) is 0 Å². The third-order valence-corrected chi connectivity index (χ3v) is 3.98. The van der Waals surface area contributed by atoms with Gasteiger partial charge in [-0.3, -0.25) is 4.79 Å². The highest BCUT2D eigenvalue weighted by Gasteiger charge is 2.23. The van der Waals surface area contributed by atoms with E-state index < -0.39 is 0 Å². The number of hydrogen-bond donors (Lipinski definition) is 1. The molecule has 0 radical (unpaired) electrons. The number of hydrogen-bond acceptors (Lipinski definition) is 3. The van der Waals surface area contributed by atoms with Gasteiger partial charge in [-0.2, -0.15) is 0 Å². The molecule has 2 fully saturated rings. The van der Waals surface area contributed by atoms with E-state index in [4.69, 9.17) is 4.74 Å². The Labute approximate surface area is 110 Å². The number of amides is 1. The van der Waals surface area contributed by atoms with Crippen LogP contribution < -0.4 is 5.32 Å². The van der Waals surface area contributed by atoms with E-state index in [9.17, 15) is 4.79 Å². The van der Waals surface area contributed by atoms with E-state index >= 15 is 0 Å². The molecule has 0 spiro atoms. The molecule has 4 heteroatoms. The van der Waals surface area contributed by atoms with Crippen molar-refractivity contribution in [3.8, 4) is 0 Å². The van der Waals surface area contributed by atoms with E-state index in [0.29, 0.717) is 18.7 Å². The molecule has 2 aliphatic rings. The molecule has 1 N–H and O–H groups in total. The zero-order valence-corrected chi connectivity index (χ0v) is 11.5. The van der Waals surface area contributed by atoms with Gasteiger partial charge in [0.2, 0.25) is 5.91 Å². The molecule has 2 atom stereocenters. The van der Waals surface area contributed by atoms with Crippen LogP contribution in [0.15, 0.2) is 0 Å². The maximum atomic E-state index is 11.9. The summed E-state index contributed by atoms with van der Waals surface area (Å²) < 4.78 is 5.72. The topological polar surface area (TPSA) is 41.6 Å². The first-order valence-electron chi connectivity index (χ1n) is 7.42. The summed E-state index contributed by atoms with van der Waals surface area (Å²) in [6, 6.07) is 0.460. The Kier molecular flexibility index (Phi) is 5.45. The number of nitrogens with zero attached hydrogens (tertiary/aromatic N) is 1. The standard InChI is InChI=1S/C14H26N2O2/c1-2-5-13-10-12(6-9-18-13)15-11-14(17)16-7-3-4-8-16/h12-13,15H,2-11H2,1H3. The second-order valence-electron chi connectivity index (χ2n) is 5.47. The average molecular weight is 254 g/mol. The fraction of sp³-hybridized carbons (Fsp3) is 0.929. The van der Waals surface area contributed by atoms with Gasteiger partial charge >= 0.3 is 0 Å². The molecular formula is C14H26N2O2. The van der Waals surface area contributed by atoms with E-state index in [1.807, 2.05) is 4.90 Å². The van der Waals surface area contributed by atoms with Crippen LogP contribution in [0.5, 0.6) is 0 Å². The summed E-state index contributed by atoms with van der Waals surface area (Å²) >= 11 is 0. The number of rotatable bonds is 5. The Balaban J connectivity index is 1.67. The fourth-order valence-corrected chi connectivity index (χ4v) is 2.90. The predicted octanol–water partition coefficient (Wildman–Crippen LogP) is 1.55. The molecule has 2 saturated heterocycles. The summed E-state index contributed by atoms with van der Waals surface area (Å²) in [5.41, 5.74) is 0. The van der Waals surface area contributed by atoms with Crippen molar-refractivity contribution in [3.05, 3.63) is 0 Å². The quantitative estimate of drug-likeness (QED) is 0.809. The van der Waals surface area contributed by atoms with Crippen molar-refractivity contribution in [3.63, 3.8) is 0 Å². The second kappa shape index (κ2) is 7.10. The third-order valence-electron chi connectivity index (χ3n) is 3.98. The summed E-state index contributed by atoms with van der Waals surface area (Å²) in [4.78, 5) is 13.9. The molecule has 2 heterocycles. The van der Waals surface area contributed by atoms with Crippen molar-refractivity contribution < 1.29 is 9.53 Å². The molecular weight excluding hydrogens is 228 g/mol. The van der Waals surface area contributed by atoms with Crippen molar-refractivity contribution in [2.45, 2.75) is 57.6 Å². The number of nitrogens with one attached hydrogen (secondary N) is 1. The van der Waals surface area contributed by atoms with Crippen molar-refractivity contribution in [1.29, 1.82) is 0 Å². The van der Waals surface area contributed by atoms with Gasteiger partial charge in [-0.05, 0) is 32.1 Å². The Bertz CT molecular complexity index is 263. The SMILES string of the molecule is CCCC1CC(NCC(=O)N2CCCC2)CCO1. The van der Waals surface area contributed by atoms with Crippen LogP contribution in [0, 0.1) is 0 Å². The summed E-state index contributed by atoms with van der Waals surface area (Å²) in [7, 11) is 0. The normalized spacial score (nSPS) is 28.6. The highest BCUT2D eigenvalue weighted by Crippen LogP contribution is 2.17. The van der Waals surface area contributed by atoms with Gasteiger partial charge in [-0.15, -0.1) is 0 Å². The van der Waals surface area contributed by atoms with Gasteiger partial charge in [0.05, 0.1) is 12.6 Å². The van der Waals surface area contributed by atoms with Crippen molar-refractivity contribution in [2.24, 2.45) is 0 Å². The van der Waals surface area contributed by atoms with Crippen LogP contribution in [0.1, 0.15) is 45.4 Å². The minimum Gasteiger partial charge on any atom is -0.378 e. The number of ether oxygens (including phenoxy) is 1. The molecule has 0 aromatic rings. The predicted molar refractivity (Wildman–Crippen MR) is 71.5 cm³/mol. The van der Waals surface area contributed by atoms with Gasteiger partial charge in [-0.1, -0.05) is 13.3 Å². The molecule has 0 saturated carbocycles. The maximum Gasteiger partial charge on any atom is 0.236 e. The molecule has 2 rings (SSSR count). The van der Waals surface area contributed by atoms with Crippen LogP contribution >= 0.6 is 0 Å². The third kappa shape index (κ3) is 3.95. The summed E-state index contributed by atoms with van der Waals surface area (Å²) in [5, 5.41) is 3.42. The lowest BCUT2D eigenvalue weighted by atomic mass is 10.0. The minimum absolute atomic E-state index is 0.269. The molecule has 104 valence electrons. The first kappa shape index (κ1) is 13.8. The summed E-state index contributed by atoms with van der Waals surface area (Å²) in [6.45, 7) is 5.43. The van der Waals surface area contributed by atoms with Gasteiger partial charge in [0.25, 0.3) is 0 Å². The highest BCUT2D eigenvalue weighted by molar-refractivity contribution is 5.78. The minimum atomic E-state index is 0.269. The smallest absolute Gasteiger partial charge is 0.236 e. The Morgan fingerprint density at radius 1 is 1.39 bits per heavy atom. The summed E-state index contributed by atoms with van der Waals surface area (Å²) in [5.74, 6) is 0.269. The molecule has 2 aliphatic heterocycles. The van der Waals surface area contributed by atoms with Crippen LogP contribution in [0.2, 0.25) is 0 Å². The van der Waals surface area contributed by atoms with Crippen LogP contribution in [0.4, 0.5) is 0 Å². The van der Waals surface area contributed by atoms with Crippen LogP contribution in [-0.4, -0.2) is 49.2 Å². The van der Waals surface area contributed by atoms with E-state index in [2.05, 4.69) is 12.2 Å². The van der Waals surface area contributed by atoms with Gasteiger partial charge in [0.1, 0.15) is 0 Å². The van der Waals surface area contributed by atoms with E-state index in [-0.39, 0.29) is 5.91 Å². The lowest BCUT2D eigenvalue weighted by molar-refractivity contribution is -0.129. The van der Waals surface area contributed by atoms with E-state index in [1.165, 1.54) is 19.3 Å². The van der Waals surface area contributed by atoms with Crippen LogP contribution in [0.25, 0.3) is 0 Å². The monoisotopic (exact) mass is 254 g/mol. The first-order chi connectivity index (χ1) is 8.79. The Morgan fingerprint density at radius 3 is 2.89 bits per heavy atom. The molecule has 0 bridgehead atoms. The Hall–Kier alpha value is -0.610. The maximum absolute atomic E-state index is 11.9. The fourth-order valence-electron chi connectivity index (χ4n) is 2.90. The van der Waals surface area contributed by atoms with E-state index in [0.717, 1.165) is 39.0 Å². The molecule has 18 heavy (non-hydrogen) atoms. The molecule has 1 amide bonds. The van der Waals surface area contributed by atoms with Gasteiger partial charge < -0.3 is 15.0 Å². The van der Waals surface area contributed by atoms with Crippen molar-refractivity contribution in [1.82, 2.24) is 10.2 Å². The Morgan fingerprint density at radius 2 is 2.17 bits per heavy atom. The molecule has 2 unspecified atom stereocenters. The lowest BCUT2D eigenvalue weighted by Gasteiger charge is -2.30. The second-order valence-corrected chi connectivity index (χ2v) is 5.47. The molecule has 0 aromatic heterocycles. The zero-order chi connectivity index (χ0) is 12.8. The van der Waals surface area contributed by atoms with Crippen molar-refractivity contribution >= 4 is 5.91 Å². The van der Waals surface area contributed by atoms with Gasteiger partial charge in [0.15, 0.2) is 0 Å². The number of carbonyl (C=O) groups is 1. The largest absolute Gasteiger partial charge is 0.378 e. The van der Waals surface area contributed by atoms with Crippen LogP contribution in [0.3, 0.4) is 0 Å². The molecule has 0 aliphatic carbocycles. The van der Waals surface area contributed by atoms with Crippen molar-refractivity contribution in [2.75, 3.05) is 26.2 Å².